The number of rotatable bonds is 4. The summed E-state index contributed by atoms with van der Waals surface area (Å²) in [5.41, 5.74) is 1.18. The summed E-state index contributed by atoms with van der Waals surface area (Å²) in [4.78, 5) is 4.35. The molecule has 0 amide bonds. The highest BCUT2D eigenvalue weighted by Crippen LogP contribution is 2.10. The van der Waals surface area contributed by atoms with Gasteiger partial charge in [0.05, 0.1) is 10.7 Å². The van der Waals surface area contributed by atoms with Gasteiger partial charge in [-0.1, -0.05) is 13.0 Å². The summed E-state index contributed by atoms with van der Waals surface area (Å²) in [6, 6.07) is 4.02. The molecule has 2 aromatic rings. The Morgan fingerprint density at radius 3 is 2.81 bits per heavy atom. The first-order valence-corrected chi connectivity index (χ1v) is 5.95. The molecule has 0 fully saturated rings. The molecule has 0 aliphatic rings. The molecule has 0 unspecified atom stereocenters. The first-order valence-electron chi connectivity index (χ1n) is 5.16. The Hall–Kier alpha value is -1.20. The maximum atomic E-state index is 4.35. The molecule has 0 radical (unpaired) electrons. The van der Waals surface area contributed by atoms with Crippen LogP contribution in [-0.2, 0) is 6.54 Å². The van der Waals surface area contributed by atoms with Gasteiger partial charge in [-0.2, -0.15) is 5.10 Å². The highest BCUT2D eigenvalue weighted by molar-refractivity contribution is 9.10. The third kappa shape index (κ3) is 2.68. The van der Waals surface area contributed by atoms with Crippen LogP contribution < -0.4 is 5.32 Å². The zero-order valence-electron chi connectivity index (χ0n) is 9.02. The second-order valence-electron chi connectivity index (χ2n) is 3.41. The fraction of sp³-hybridized carbons (Fsp3) is 0.273. The Balaban J connectivity index is 2.13. The second-order valence-corrected chi connectivity index (χ2v) is 4.32. The summed E-state index contributed by atoms with van der Waals surface area (Å²) >= 11 is 3.36. The molecule has 2 rings (SSSR count). The monoisotopic (exact) mass is 280 g/mol. The fourth-order valence-electron chi connectivity index (χ4n) is 1.35. The molecule has 0 spiro atoms. The quantitative estimate of drug-likeness (QED) is 0.933. The van der Waals surface area contributed by atoms with Crippen molar-refractivity contribution in [1.82, 2.24) is 20.1 Å². The normalized spacial score (nSPS) is 10.6. The van der Waals surface area contributed by atoms with E-state index >= 15 is 0 Å². The van der Waals surface area contributed by atoms with Crippen LogP contribution in [0.4, 0.5) is 0 Å². The van der Waals surface area contributed by atoms with Gasteiger partial charge in [0.15, 0.2) is 5.82 Å². The van der Waals surface area contributed by atoms with Gasteiger partial charge in [0.2, 0.25) is 0 Å². The predicted molar refractivity (Wildman–Crippen MR) is 66.4 cm³/mol. The summed E-state index contributed by atoms with van der Waals surface area (Å²) in [5.74, 6) is 0.825. The molecule has 0 atom stereocenters. The molecule has 84 valence electrons. The summed E-state index contributed by atoms with van der Waals surface area (Å²) < 4.78 is 2.69. The van der Waals surface area contributed by atoms with E-state index in [4.69, 9.17) is 0 Å². The van der Waals surface area contributed by atoms with Gasteiger partial charge in [-0.05, 0) is 34.1 Å². The molecular weight excluding hydrogens is 268 g/mol. The van der Waals surface area contributed by atoms with E-state index in [0.29, 0.717) is 0 Å². The number of halogens is 1. The van der Waals surface area contributed by atoms with Gasteiger partial charge in [0.25, 0.3) is 0 Å². The number of hydrogen-bond acceptors (Lipinski definition) is 3. The highest BCUT2D eigenvalue weighted by Gasteiger charge is 2.00. The van der Waals surface area contributed by atoms with Crippen molar-refractivity contribution >= 4 is 15.9 Å². The minimum Gasteiger partial charge on any atom is -0.313 e. The van der Waals surface area contributed by atoms with Crippen molar-refractivity contribution < 1.29 is 0 Å². The summed E-state index contributed by atoms with van der Waals surface area (Å²) in [6.45, 7) is 3.91. The third-order valence-corrected chi connectivity index (χ3v) is 2.58. The molecule has 16 heavy (non-hydrogen) atoms. The molecule has 0 saturated heterocycles. The molecule has 2 aromatic heterocycles. The summed E-state index contributed by atoms with van der Waals surface area (Å²) in [5, 5.41) is 7.43. The Morgan fingerprint density at radius 2 is 2.25 bits per heavy atom. The van der Waals surface area contributed by atoms with E-state index in [1.54, 1.807) is 10.9 Å². The van der Waals surface area contributed by atoms with E-state index in [-0.39, 0.29) is 0 Å². The van der Waals surface area contributed by atoms with Crippen molar-refractivity contribution in [1.29, 1.82) is 0 Å². The largest absolute Gasteiger partial charge is 0.313 e. The molecule has 0 saturated carbocycles. The minimum absolute atomic E-state index is 0.825. The van der Waals surface area contributed by atoms with Gasteiger partial charge in [0, 0.05) is 18.9 Å². The maximum absolute atomic E-state index is 4.35. The summed E-state index contributed by atoms with van der Waals surface area (Å²) in [7, 11) is 0. The molecule has 0 aliphatic heterocycles. The van der Waals surface area contributed by atoms with Crippen LogP contribution >= 0.6 is 15.9 Å². The summed E-state index contributed by atoms with van der Waals surface area (Å²) in [6.07, 6.45) is 5.49. The lowest BCUT2D eigenvalue weighted by atomic mass is 10.3. The van der Waals surface area contributed by atoms with Crippen LogP contribution in [0.2, 0.25) is 0 Å². The number of nitrogens with zero attached hydrogens (tertiary/aromatic N) is 3. The fourth-order valence-corrected chi connectivity index (χ4v) is 1.64. The molecule has 2 heterocycles. The predicted octanol–water partition coefficient (Wildman–Crippen LogP) is 2.14. The minimum atomic E-state index is 0.825. The molecular formula is C11H13BrN4. The van der Waals surface area contributed by atoms with Crippen LogP contribution in [0, 0.1) is 0 Å². The van der Waals surface area contributed by atoms with Crippen molar-refractivity contribution in [2.45, 2.75) is 13.5 Å². The maximum Gasteiger partial charge on any atom is 0.153 e. The van der Waals surface area contributed by atoms with Crippen LogP contribution in [0.3, 0.4) is 0 Å². The van der Waals surface area contributed by atoms with Gasteiger partial charge in [0.1, 0.15) is 0 Å². The van der Waals surface area contributed by atoms with Crippen LogP contribution in [0.5, 0.6) is 0 Å². The lowest BCUT2D eigenvalue weighted by molar-refractivity contribution is 0.722. The number of nitrogens with one attached hydrogen (secondary N) is 1. The van der Waals surface area contributed by atoms with Crippen molar-refractivity contribution in [3.63, 3.8) is 0 Å². The average Bonchev–Trinajstić information content (AvgIpc) is 2.74. The smallest absolute Gasteiger partial charge is 0.153 e. The van der Waals surface area contributed by atoms with E-state index in [0.717, 1.165) is 23.4 Å². The first-order chi connectivity index (χ1) is 7.79. The standard InChI is InChI=1S/C11H13BrN4/c1-2-13-5-9-3-4-11(14-6-9)16-8-10(12)7-15-16/h3-4,6-8,13H,2,5H2,1H3. The first kappa shape index (κ1) is 11.3. The Bertz CT molecular complexity index is 449. The second kappa shape index (κ2) is 5.23. The molecule has 0 bridgehead atoms. The number of aromatic nitrogens is 3. The Labute approximate surface area is 103 Å². The van der Waals surface area contributed by atoms with Gasteiger partial charge < -0.3 is 5.32 Å². The average molecular weight is 281 g/mol. The molecule has 1 N–H and O–H groups in total. The van der Waals surface area contributed by atoms with Crippen molar-refractivity contribution in [3.05, 3.63) is 40.8 Å². The van der Waals surface area contributed by atoms with Gasteiger partial charge in [-0.3, -0.25) is 0 Å². The van der Waals surface area contributed by atoms with Crippen molar-refractivity contribution in [2.75, 3.05) is 6.54 Å². The highest BCUT2D eigenvalue weighted by atomic mass is 79.9. The molecule has 0 aliphatic carbocycles. The van der Waals surface area contributed by atoms with Crippen molar-refractivity contribution in [3.8, 4) is 5.82 Å². The van der Waals surface area contributed by atoms with E-state index in [2.05, 4.69) is 44.3 Å². The van der Waals surface area contributed by atoms with Crippen LogP contribution in [0.15, 0.2) is 35.2 Å². The van der Waals surface area contributed by atoms with E-state index in [1.165, 1.54) is 5.56 Å². The van der Waals surface area contributed by atoms with Crippen LogP contribution in [0.1, 0.15) is 12.5 Å². The van der Waals surface area contributed by atoms with E-state index < -0.39 is 0 Å². The van der Waals surface area contributed by atoms with Gasteiger partial charge in [-0.15, -0.1) is 0 Å². The van der Waals surface area contributed by atoms with Crippen LogP contribution in [-0.4, -0.2) is 21.3 Å². The SMILES string of the molecule is CCNCc1ccc(-n2cc(Br)cn2)nc1. The lowest BCUT2D eigenvalue weighted by Gasteiger charge is -2.03. The van der Waals surface area contributed by atoms with Gasteiger partial charge >= 0.3 is 0 Å². The molecule has 4 nitrogen and oxygen atoms in total. The van der Waals surface area contributed by atoms with Crippen LogP contribution in [0.25, 0.3) is 5.82 Å². The number of hydrogen-bond donors (Lipinski definition) is 1. The topological polar surface area (TPSA) is 42.7 Å². The van der Waals surface area contributed by atoms with E-state index in [1.807, 2.05) is 18.5 Å². The molecule has 0 aromatic carbocycles. The zero-order chi connectivity index (χ0) is 11.4. The Morgan fingerprint density at radius 1 is 1.38 bits per heavy atom. The number of pyridine rings is 1. The third-order valence-electron chi connectivity index (χ3n) is 2.17. The lowest BCUT2D eigenvalue weighted by Crippen LogP contribution is -2.12. The van der Waals surface area contributed by atoms with E-state index in [9.17, 15) is 0 Å². The van der Waals surface area contributed by atoms with Gasteiger partial charge in [-0.25, -0.2) is 9.67 Å². The Kier molecular flexibility index (Phi) is 3.69. The zero-order valence-corrected chi connectivity index (χ0v) is 10.6. The van der Waals surface area contributed by atoms with Crippen molar-refractivity contribution in [2.24, 2.45) is 0 Å². The molecule has 5 heteroatoms.